The zero-order valence-corrected chi connectivity index (χ0v) is 33.0. The van der Waals surface area contributed by atoms with Gasteiger partial charge in [-0.15, -0.1) is 22.7 Å². The molecule has 6 rings (SSSR count). The Kier molecular flexibility index (Phi) is 14.3. The number of carbonyl (C=O) groups is 2. The molecule has 6 nitrogen and oxygen atoms in total. The fourth-order valence-electron chi connectivity index (χ4n) is 6.60. The molecule has 0 saturated heterocycles. The Bertz CT molecular complexity index is 1920. The number of nitrogens with one attached hydrogen (secondary N) is 2. The fraction of sp³-hybridized carbons (Fsp3) is 0.304. The van der Waals surface area contributed by atoms with Crippen LogP contribution in [0.3, 0.4) is 0 Å². The number of anilines is 2. The van der Waals surface area contributed by atoms with Crippen LogP contribution < -0.4 is 10.6 Å². The molecule has 0 spiro atoms. The van der Waals surface area contributed by atoms with Crippen LogP contribution in [0.4, 0.5) is 10.3 Å². The second-order valence-corrected chi connectivity index (χ2v) is 15.9. The molecule has 2 amide bonds. The highest BCUT2D eigenvalue weighted by atomic mass is 32.1. The van der Waals surface area contributed by atoms with Crippen molar-refractivity contribution in [1.82, 2.24) is 9.97 Å². The summed E-state index contributed by atoms with van der Waals surface area (Å²) in [6.45, 7) is 4.34. The third-order valence-corrected chi connectivity index (χ3v) is 11.5. The van der Waals surface area contributed by atoms with Crippen molar-refractivity contribution in [2.24, 2.45) is 0 Å². The van der Waals surface area contributed by atoms with Crippen LogP contribution in [-0.4, -0.2) is 21.8 Å². The Hall–Kier alpha value is -4.92. The standard InChI is InChI=1S/C46H50N4O2S2/c1-3-17-39-43(37-29-25-35(26-30-37)33-19-11-9-12-20-33)49-45(53-39)47-41(51)23-15-7-5-6-8-16-24-42(52)48-46-50-44(40(54-46)18-4-2)38-31-27-36(28-32-38)34-21-13-10-14-22-34/h9-14,19-22,25-32H,3-8,15-18,23-24H2,1-2H3,(H,47,49,51)(H,48,50,52). The molecule has 8 heteroatoms. The molecular formula is C46H50N4O2S2. The van der Waals surface area contributed by atoms with Gasteiger partial charge in [0.1, 0.15) is 0 Å². The summed E-state index contributed by atoms with van der Waals surface area (Å²) in [7, 11) is 0. The van der Waals surface area contributed by atoms with E-state index in [2.05, 4.69) is 122 Å². The molecular weight excluding hydrogens is 705 g/mol. The second kappa shape index (κ2) is 20.0. The molecule has 0 aliphatic carbocycles. The maximum Gasteiger partial charge on any atom is 0.226 e. The summed E-state index contributed by atoms with van der Waals surface area (Å²) >= 11 is 3.17. The van der Waals surface area contributed by atoms with Crippen molar-refractivity contribution in [3.63, 3.8) is 0 Å². The number of rotatable bonds is 19. The van der Waals surface area contributed by atoms with E-state index < -0.39 is 0 Å². The van der Waals surface area contributed by atoms with Crippen molar-refractivity contribution in [2.45, 2.75) is 90.9 Å². The molecule has 4 aromatic carbocycles. The summed E-state index contributed by atoms with van der Waals surface area (Å²) in [5.74, 6) is 0.0390. The van der Waals surface area contributed by atoms with Gasteiger partial charge in [0, 0.05) is 33.7 Å². The Morgan fingerprint density at radius 1 is 0.463 bits per heavy atom. The summed E-state index contributed by atoms with van der Waals surface area (Å²) < 4.78 is 0. The van der Waals surface area contributed by atoms with E-state index >= 15 is 0 Å². The Morgan fingerprint density at radius 3 is 1.17 bits per heavy atom. The van der Waals surface area contributed by atoms with Crippen LogP contribution in [0.25, 0.3) is 44.8 Å². The van der Waals surface area contributed by atoms with E-state index in [0.29, 0.717) is 23.1 Å². The number of aryl methyl sites for hydroxylation is 2. The van der Waals surface area contributed by atoms with Gasteiger partial charge in [-0.05, 0) is 47.9 Å². The van der Waals surface area contributed by atoms with Crippen LogP contribution in [0.5, 0.6) is 0 Å². The van der Waals surface area contributed by atoms with Gasteiger partial charge in [0.25, 0.3) is 0 Å². The zero-order valence-electron chi connectivity index (χ0n) is 31.4. The van der Waals surface area contributed by atoms with Crippen molar-refractivity contribution in [3.05, 3.63) is 119 Å². The Labute approximate surface area is 328 Å². The highest BCUT2D eigenvalue weighted by molar-refractivity contribution is 7.16. The van der Waals surface area contributed by atoms with E-state index in [4.69, 9.17) is 9.97 Å². The lowest BCUT2D eigenvalue weighted by atomic mass is 10.0. The van der Waals surface area contributed by atoms with Crippen LogP contribution in [0.15, 0.2) is 109 Å². The van der Waals surface area contributed by atoms with Crippen LogP contribution in [0.1, 0.15) is 87.8 Å². The van der Waals surface area contributed by atoms with Crippen LogP contribution >= 0.6 is 22.7 Å². The summed E-state index contributed by atoms with van der Waals surface area (Å²) in [5.41, 5.74) is 8.82. The van der Waals surface area contributed by atoms with Crippen molar-refractivity contribution < 1.29 is 9.59 Å². The molecule has 0 fully saturated rings. The highest BCUT2D eigenvalue weighted by Gasteiger charge is 2.16. The zero-order chi connectivity index (χ0) is 37.5. The van der Waals surface area contributed by atoms with Gasteiger partial charge in [0.05, 0.1) is 11.4 Å². The van der Waals surface area contributed by atoms with E-state index in [-0.39, 0.29) is 11.8 Å². The van der Waals surface area contributed by atoms with Crippen LogP contribution in [0.2, 0.25) is 0 Å². The van der Waals surface area contributed by atoms with Crippen molar-refractivity contribution in [2.75, 3.05) is 10.6 Å². The van der Waals surface area contributed by atoms with Gasteiger partial charge in [0.2, 0.25) is 11.8 Å². The lowest BCUT2D eigenvalue weighted by Crippen LogP contribution is -2.11. The lowest BCUT2D eigenvalue weighted by Gasteiger charge is -2.05. The van der Waals surface area contributed by atoms with Gasteiger partial charge in [0.15, 0.2) is 10.3 Å². The average Bonchev–Trinajstić information content (AvgIpc) is 3.79. The Balaban J connectivity index is 0.890. The normalized spacial score (nSPS) is 11.1. The maximum atomic E-state index is 12.8. The molecule has 278 valence electrons. The SMILES string of the molecule is CCCc1sc(NC(=O)CCCCCCCCC(=O)Nc2nc(-c3ccc(-c4ccccc4)cc3)c(CCC)s2)nc1-c1ccc(-c2ccccc2)cc1. The van der Waals surface area contributed by atoms with Crippen molar-refractivity contribution in [3.8, 4) is 44.8 Å². The van der Waals surface area contributed by atoms with E-state index in [1.165, 1.54) is 32.0 Å². The third-order valence-electron chi connectivity index (χ3n) is 9.43. The first kappa shape index (κ1) is 38.8. The predicted octanol–water partition coefficient (Wildman–Crippen LogP) is 12.9. The number of amides is 2. The monoisotopic (exact) mass is 754 g/mol. The number of nitrogens with zero attached hydrogens (tertiary/aromatic N) is 2. The topological polar surface area (TPSA) is 84.0 Å². The van der Waals surface area contributed by atoms with Gasteiger partial charge in [-0.25, -0.2) is 9.97 Å². The molecule has 0 bridgehead atoms. The van der Waals surface area contributed by atoms with Crippen LogP contribution in [0, 0.1) is 0 Å². The first-order valence-electron chi connectivity index (χ1n) is 19.4. The number of aromatic nitrogens is 2. The van der Waals surface area contributed by atoms with Gasteiger partial charge in [-0.2, -0.15) is 0 Å². The van der Waals surface area contributed by atoms with Gasteiger partial charge < -0.3 is 10.6 Å². The molecule has 2 N–H and O–H groups in total. The van der Waals surface area contributed by atoms with Gasteiger partial charge in [-0.3, -0.25) is 9.59 Å². The molecule has 2 heterocycles. The molecule has 54 heavy (non-hydrogen) atoms. The lowest BCUT2D eigenvalue weighted by molar-refractivity contribution is -0.117. The minimum absolute atomic E-state index is 0.0195. The van der Waals surface area contributed by atoms with E-state index in [9.17, 15) is 9.59 Å². The second-order valence-electron chi connectivity index (χ2n) is 13.7. The quantitative estimate of drug-likeness (QED) is 0.0807. The predicted molar refractivity (Wildman–Crippen MR) is 228 cm³/mol. The number of carbonyl (C=O) groups excluding carboxylic acids is 2. The Morgan fingerprint density at radius 2 is 0.796 bits per heavy atom. The molecule has 0 unspecified atom stereocenters. The van der Waals surface area contributed by atoms with Crippen LogP contribution in [-0.2, 0) is 22.4 Å². The molecule has 0 aliphatic heterocycles. The largest absolute Gasteiger partial charge is 0.302 e. The summed E-state index contributed by atoms with van der Waals surface area (Å²) in [6.07, 6.45) is 10.6. The number of thiazole rings is 2. The summed E-state index contributed by atoms with van der Waals surface area (Å²) in [5, 5.41) is 7.48. The minimum atomic E-state index is 0.0195. The number of hydrogen-bond acceptors (Lipinski definition) is 6. The summed E-state index contributed by atoms with van der Waals surface area (Å²) in [6, 6.07) is 37.8. The highest BCUT2D eigenvalue weighted by Crippen LogP contribution is 2.35. The first-order chi connectivity index (χ1) is 26.5. The minimum Gasteiger partial charge on any atom is -0.302 e. The summed E-state index contributed by atoms with van der Waals surface area (Å²) in [4.78, 5) is 37.7. The van der Waals surface area contributed by atoms with Crippen molar-refractivity contribution >= 4 is 44.8 Å². The molecule has 0 saturated carbocycles. The number of unbranched alkanes of at least 4 members (excludes halogenated alkanes) is 5. The van der Waals surface area contributed by atoms with E-state index in [0.717, 1.165) is 86.7 Å². The molecule has 6 aromatic rings. The molecule has 0 radical (unpaired) electrons. The van der Waals surface area contributed by atoms with Gasteiger partial charge >= 0.3 is 0 Å². The number of benzene rings is 4. The maximum absolute atomic E-state index is 12.8. The van der Waals surface area contributed by atoms with Crippen molar-refractivity contribution in [1.29, 1.82) is 0 Å². The third kappa shape index (κ3) is 10.8. The van der Waals surface area contributed by atoms with E-state index in [1.807, 2.05) is 12.1 Å². The molecule has 2 aromatic heterocycles. The fourth-order valence-corrected chi connectivity index (χ4v) is 8.80. The van der Waals surface area contributed by atoms with E-state index in [1.54, 1.807) is 22.7 Å². The van der Waals surface area contributed by atoms with Gasteiger partial charge in [-0.1, -0.05) is 162 Å². The smallest absolute Gasteiger partial charge is 0.226 e. The molecule has 0 atom stereocenters. The molecule has 0 aliphatic rings. The number of hydrogen-bond donors (Lipinski definition) is 2. The first-order valence-corrected chi connectivity index (χ1v) is 21.0. The average molecular weight is 755 g/mol.